The average molecular weight is 419 g/mol. The fourth-order valence-electron chi connectivity index (χ4n) is 5.88. The highest BCUT2D eigenvalue weighted by molar-refractivity contribution is 6.09. The van der Waals surface area contributed by atoms with E-state index in [2.05, 4.69) is 26.1 Å². The topological polar surface area (TPSA) is 69.7 Å². The zero-order valence-electron chi connectivity index (χ0n) is 17.7. The van der Waals surface area contributed by atoms with E-state index in [0.717, 1.165) is 42.4 Å². The van der Waals surface area contributed by atoms with Crippen LogP contribution in [-0.2, 0) is 15.1 Å². The number of urea groups is 1. The maximum absolute atomic E-state index is 14.3. The fraction of sp³-hybridized carbons (Fsp3) is 0.591. The van der Waals surface area contributed by atoms with Gasteiger partial charge in [0, 0.05) is 18.2 Å². The third-order valence-electron chi connectivity index (χ3n) is 6.77. The van der Waals surface area contributed by atoms with Gasteiger partial charge < -0.3 is 10.2 Å². The second-order valence-electron chi connectivity index (χ2n) is 10.3. The van der Waals surface area contributed by atoms with Crippen LogP contribution in [0.3, 0.4) is 0 Å². The van der Waals surface area contributed by atoms with Gasteiger partial charge >= 0.3 is 6.03 Å². The normalized spacial score (nSPS) is 32.5. The quantitative estimate of drug-likeness (QED) is 0.766. The SMILES string of the molecule is CC1(C)C[C@H]2C[C@](C)(CN2C(=O)CN2C(=O)N[C@](C)(c3cc(F)ccc3F)C2=O)C1. The molecule has 1 aliphatic carbocycles. The molecule has 1 N–H and O–H groups in total. The van der Waals surface area contributed by atoms with Crippen molar-refractivity contribution in [2.24, 2.45) is 10.8 Å². The van der Waals surface area contributed by atoms with Gasteiger partial charge in [0.25, 0.3) is 5.91 Å². The Morgan fingerprint density at radius 1 is 1.17 bits per heavy atom. The molecule has 4 amide bonds. The largest absolute Gasteiger partial charge is 0.338 e. The van der Waals surface area contributed by atoms with Crippen molar-refractivity contribution >= 4 is 17.8 Å². The molecule has 4 rings (SSSR count). The molecular weight excluding hydrogens is 392 g/mol. The van der Waals surface area contributed by atoms with Crippen molar-refractivity contribution in [3.8, 4) is 0 Å². The minimum atomic E-state index is -1.77. The van der Waals surface area contributed by atoms with Gasteiger partial charge in [-0.25, -0.2) is 13.6 Å². The van der Waals surface area contributed by atoms with Crippen molar-refractivity contribution in [1.29, 1.82) is 0 Å². The first kappa shape index (κ1) is 20.8. The van der Waals surface area contributed by atoms with E-state index in [1.807, 2.05) is 0 Å². The Bertz CT molecular complexity index is 950. The van der Waals surface area contributed by atoms with E-state index in [4.69, 9.17) is 0 Å². The molecule has 0 aromatic heterocycles. The number of fused-ring (bicyclic) bond motifs is 2. The van der Waals surface area contributed by atoms with Crippen molar-refractivity contribution in [2.75, 3.05) is 13.1 Å². The van der Waals surface area contributed by atoms with E-state index in [1.54, 1.807) is 4.90 Å². The van der Waals surface area contributed by atoms with Crippen molar-refractivity contribution in [3.05, 3.63) is 35.4 Å². The molecule has 6 nitrogen and oxygen atoms in total. The summed E-state index contributed by atoms with van der Waals surface area (Å²) in [4.78, 5) is 41.2. The third-order valence-corrected chi connectivity index (χ3v) is 6.77. The number of rotatable bonds is 3. The zero-order chi connectivity index (χ0) is 22.1. The molecule has 2 heterocycles. The summed E-state index contributed by atoms with van der Waals surface area (Å²) in [5.74, 6) is -2.58. The standard InChI is InChI=1S/C22H27F2N3O3/c1-20(2)8-14-9-21(3,11-20)12-27(14)17(28)10-26-18(29)22(4,25-19(26)30)15-7-13(23)5-6-16(15)24/h5-7,14H,8-12H2,1-4H3,(H,25,30)/t14-,21-,22+/m0/s1. The first-order valence-corrected chi connectivity index (χ1v) is 10.2. The summed E-state index contributed by atoms with van der Waals surface area (Å²) in [6.07, 6.45) is 2.80. The number of amides is 4. The Labute approximate surface area is 174 Å². The molecule has 8 heteroatoms. The second kappa shape index (κ2) is 6.49. The van der Waals surface area contributed by atoms with Crippen LogP contribution in [0.4, 0.5) is 13.6 Å². The number of likely N-dealkylation sites (tertiary alicyclic amines) is 1. The molecule has 2 bridgehead atoms. The van der Waals surface area contributed by atoms with Crippen LogP contribution in [0.5, 0.6) is 0 Å². The number of imide groups is 1. The van der Waals surface area contributed by atoms with Gasteiger partial charge in [-0.3, -0.25) is 14.5 Å². The van der Waals surface area contributed by atoms with Crippen LogP contribution in [0.2, 0.25) is 0 Å². The maximum atomic E-state index is 14.3. The third kappa shape index (κ3) is 3.26. The minimum Gasteiger partial charge on any atom is -0.338 e. The molecule has 2 aliphatic heterocycles. The summed E-state index contributed by atoms with van der Waals surface area (Å²) in [6, 6.07) is 2.05. The highest BCUT2D eigenvalue weighted by Gasteiger charge is 2.54. The molecule has 3 aliphatic rings. The number of hydrogen-bond acceptors (Lipinski definition) is 3. The van der Waals surface area contributed by atoms with Crippen molar-refractivity contribution in [1.82, 2.24) is 15.1 Å². The summed E-state index contributed by atoms with van der Waals surface area (Å²) < 4.78 is 28.0. The Hall–Kier alpha value is -2.51. The van der Waals surface area contributed by atoms with Crippen LogP contribution >= 0.6 is 0 Å². The molecule has 1 aromatic rings. The Morgan fingerprint density at radius 2 is 1.87 bits per heavy atom. The number of benzene rings is 1. The molecule has 2 saturated heterocycles. The molecule has 1 saturated carbocycles. The van der Waals surface area contributed by atoms with Crippen LogP contribution in [-0.4, -0.2) is 46.8 Å². The van der Waals surface area contributed by atoms with E-state index in [9.17, 15) is 23.2 Å². The number of halogens is 2. The molecule has 30 heavy (non-hydrogen) atoms. The first-order chi connectivity index (χ1) is 13.8. The maximum Gasteiger partial charge on any atom is 0.325 e. The van der Waals surface area contributed by atoms with Gasteiger partial charge in [0.05, 0.1) is 0 Å². The van der Waals surface area contributed by atoms with E-state index >= 15 is 0 Å². The van der Waals surface area contributed by atoms with Gasteiger partial charge in [0.2, 0.25) is 5.91 Å². The van der Waals surface area contributed by atoms with Crippen molar-refractivity contribution in [2.45, 2.75) is 58.5 Å². The summed E-state index contributed by atoms with van der Waals surface area (Å²) in [7, 11) is 0. The van der Waals surface area contributed by atoms with E-state index < -0.39 is 35.7 Å². The fourth-order valence-corrected chi connectivity index (χ4v) is 5.88. The molecule has 0 spiro atoms. The highest BCUT2D eigenvalue weighted by atomic mass is 19.1. The first-order valence-electron chi connectivity index (χ1n) is 10.2. The number of carbonyl (C=O) groups is 3. The molecule has 0 radical (unpaired) electrons. The van der Waals surface area contributed by atoms with Crippen LogP contribution in [0.1, 0.15) is 52.5 Å². The Balaban J connectivity index is 1.54. The molecule has 3 fully saturated rings. The number of hydrogen-bond donors (Lipinski definition) is 1. The monoisotopic (exact) mass is 419 g/mol. The average Bonchev–Trinajstić information content (AvgIpc) is 3.00. The van der Waals surface area contributed by atoms with Gasteiger partial charge in [-0.1, -0.05) is 20.8 Å². The zero-order valence-corrected chi connectivity index (χ0v) is 17.7. The molecule has 0 unspecified atom stereocenters. The minimum absolute atomic E-state index is 0.0264. The molecule has 162 valence electrons. The molecule has 1 aromatic carbocycles. The molecule has 3 atom stereocenters. The lowest BCUT2D eigenvalue weighted by Gasteiger charge is -2.39. The summed E-state index contributed by atoms with van der Waals surface area (Å²) in [5, 5.41) is 2.44. The predicted molar refractivity (Wildman–Crippen MR) is 105 cm³/mol. The van der Waals surface area contributed by atoms with E-state index in [0.29, 0.717) is 6.54 Å². The van der Waals surface area contributed by atoms with E-state index in [1.165, 1.54) is 6.92 Å². The van der Waals surface area contributed by atoms with Gasteiger partial charge in [-0.2, -0.15) is 0 Å². The lowest BCUT2D eigenvalue weighted by atomic mass is 9.65. The summed E-state index contributed by atoms with van der Waals surface area (Å²) in [6.45, 7) is 8.07. The number of carbonyl (C=O) groups excluding carboxylic acids is 3. The second-order valence-corrected chi connectivity index (χ2v) is 10.3. The summed E-state index contributed by atoms with van der Waals surface area (Å²) >= 11 is 0. The van der Waals surface area contributed by atoms with Crippen LogP contribution in [0, 0.1) is 22.5 Å². The smallest absolute Gasteiger partial charge is 0.325 e. The van der Waals surface area contributed by atoms with Crippen molar-refractivity contribution < 1.29 is 23.2 Å². The van der Waals surface area contributed by atoms with E-state index in [-0.39, 0.29) is 28.3 Å². The van der Waals surface area contributed by atoms with Crippen LogP contribution < -0.4 is 5.32 Å². The summed E-state index contributed by atoms with van der Waals surface area (Å²) in [5.41, 5.74) is -1.88. The highest BCUT2D eigenvalue weighted by Crippen LogP contribution is 2.52. The van der Waals surface area contributed by atoms with Crippen LogP contribution in [0.15, 0.2) is 18.2 Å². The lowest BCUT2D eigenvalue weighted by Crippen LogP contribution is -2.46. The van der Waals surface area contributed by atoms with Gasteiger partial charge in [0.1, 0.15) is 23.7 Å². The predicted octanol–water partition coefficient (Wildman–Crippen LogP) is 3.16. The van der Waals surface area contributed by atoms with Gasteiger partial charge in [-0.15, -0.1) is 0 Å². The number of nitrogens with one attached hydrogen (secondary N) is 1. The van der Waals surface area contributed by atoms with Gasteiger partial charge in [0.15, 0.2) is 0 Å². The van der Waals surface area contributed by atoms with Crippen molar-refractivity contribution in [3.63, 3.8) is 0 Å². The Kier molecular flexibility index (Phi) is 4.49. The number of nitrogens with zero attached hydrogens (tertiary/aromatic N) is 2. The Morgan fingerprint density at radius 3 is 2.57 bits per heavy atom. The van der Waals surface area contributed by atoms with Crippen LogP contribution in [0.25, 0.3) is 0 Å². The lowest BCUT2D eigenvalue weighted by molar-refractivity contribution is -0.139. The van der Waals surface area contributed by atoms with Gasteiger partial charge in [-0.05, 0) is 55.2 Å². The molecular formula is C22H27F2N3O3.